The Morgan fingerprint density at radius 2 is 1.95 bits per heavy atom. The van der Waals surface area contributed by atoms with Gasteiger partial charge in [-0.05, 0) is 24.1 Å². The highest BCUT2D eigenvalue weighted by atomic mass is 16.5. The van der Waals surface area contributed by atoms with Crippen molar-refractivity contribution >= 4 is 0 Å². The number of ether oxygens (including phenoxy) is 3. The number of rotatable bonds is 6. The zero-order valence-corrected chi connectivity index (χ0v) is 12.5. The summed E-state index contributed by atoms with van der Waals surface area (Å²) in [5.74, 6) is 1.49. The highest BCUT2D eigenvalue weighted by Crippen LogP contribution is 2.36. The van der Waals surface area contributed by atoms with Crippen molar-refractivity contribution in [2.75, 3.05) is 41.0 Å². The van der Waals surface area contributed by atoms with Crippen LogP contribution in [0.15, 0.2) is 18.2 Å². The normalized spacial score (nSPS) is 23.0. The van der Waals surface area contributed by atoms with Gasteiger partial charge in [0.25, 0.3) is 0 Å². The Kier molecular flexibility index (Phi) is 5.23. The van der Waals surface area contributed by atoms with Gasteiger partial charge in [0.2, 0.25) is 0 Å². The largest absolute Gasteiger partial charge is 0.493 e. The molecule has 0 amide bonds. The van der Waals surface area contributed by atoms with Crippen LogP contribution in [0.1, 0.15) is 18.0 Å². The van der Waals surface area contributed by atoms with E-state index in [-0.39, 0.29) is 12.1 Å². The van der Waals surface area contributed by atoms with Crippen LogP contribution in [0.25, 0.3) is 0 Å². The molecule has 2 N–H and O–H groups in total. The lowest BCUT2D eigenvalue weighted by Crippen LogP contribution is -2.33. The summed E-state index contributed by atoms with van der Waals surface area (Å²) in [5.41, 5.74) is 7.45. The average Bonchev–Trinajstić information content (AvgIpc) is 2.85. The first kappa shape index (κ1) is 15.1. The third kappa shape index (κ3) is 3.06. The predicted molar refractivity (Wildman–Crippen MR) is 78.3 cm³/mol. The SMILES string of the molecule is COCCN1CCC(N)C1c1ccc(OC)c(OC)c1. The van der Waals surface area contributed by atoms with Crippen molar-refractivity contribution in [2.45, 2.75) is 18.5 Å². The standard InChI is InChI=1S/C15H24N2O3/c1-18-9-8-17-7-6-12(16)15(17)11-4-5-13(19-2)14(10-11)20-3/h4-5,10,12,15H,6-9,16H2,1-3H3. The fraction of sp³-hybridized carbons (Fsp3) is 0.600. The van der Waals surface area contributed by atoms with Crippen LogP contribution in [-0.4, -0.2) is 52.0 Å². The van der Waals surface area contributed by atoms with Gasteiger partial charge in [-0.15, -0.1) is 0 Å². The van der Waals surface area contributed by atoms with Gasteiger partial charge in [-0.2, -0.15) is 0 Å². The number of nitrogens with zero attached hydrogens (tertiary/aromatic N) is 1. The third-order valence-corrected chi connectivity index (χ3v) is 3.88. The zero-order chi connectivity index (χ0) is 14.5. The first-order chi connectivity index (χ1) is 9.71. The van der Waals surface area contributed by atoms with E-state index in [2.05, 4.69) is 11.0 Å². The summed E-state index contributed by atoms with van der Waals surface area (Å²) in [5, 5.41) is 0. The highest BCUT2D eigenvalue weighted by Gasteiger charge is 2.33. The molecule has 2 rings (SSSR count). The van der Waals surface area contributed by atoms with E-state index in [1.807, 2.05) is 12.1 Å². The quantitative estimate of drug-likeness (QED) is 0.854. The van der Waals surface area contributed by atoms with Gasteiger partial charge in [-0.25, -0.2) is 0 Å². The molecule has 1 aromatic carbocycles. The van der Waals surface area contributed by atoms with Crippen molar-refractivity contribution in [3.8, 4) is 11.5 Å². The minimum Gasteiger partial charge on any atom is -0.493 e. The number of likely N-dealkylation sites (tertiary alicyclic amines) is 1. The lowest BCUT2D eigenvalue weighted by molar-refractivity contribution is 0.139. The van der Waals surface area contributed by atoms with E-state index in [1.165, 1.54) is 5.56 Å². The Morgan fingerprint density at radius 1 is 1.20 bits per heavy atom. The van der Waals surface area contributed by atoms with Crippen molar-refractivity contribution in [3.05, 3.63) is 23.8 Å². The highest BCUT2D eigenvalue weighted by molar-refractivity contribution is 5.44. The third-order valence-electron chi connectivity index (χ3n) is 3.88. The molecular formula is C15H24N2O3. The van der Waals surface area contributed by atoms with Gasteiger partial charge in [0.15, 0.2) is 11.5 Å². The molecular weight excluding hydrogens is 256 g/mol. The number of hydrogen-bond donors (Lipinski definition) is 1. The first-order valence-electron chi connectivity index (χ1n) is 6.91. The molecule has 5 heteroatoms. The maximum absolute atomic E-state index is 6.28. The van der Waals surface area contributed by atoms with E-state index in [0.29, 0.717) is 0 Å². The van der Waals surface area contributed by atoms with Gasteiger partial charge in [-0.3, -0.25) is 4.90 Å². The second-order valence-electron chi connectivity index (χ2n) is 5.04. The molecule has 5 nitrogen and oxygen atoms in total. The van der Waals surface area contributed by atoms with Crippen LogP contribution in [-0.2, 0) is 4.74 Å². The van der Waals surface area contributed by atoms with Gasteiger partial charge in [0, 0.05) is 26.2 Å². The summed E-state index contributed by atoms with van der Waals surface area (Å²) in [4.78, 5) is 2.37. The van der Waals surface area contributed by atoms with E-state index in [0.717, 1.165) is 37.6 Å². The molecule has 0 bridgehead atoms. The summed E-state index contributed by atoms with van der Waals surface area (Å²) in [6.07, 6.45) is 1.00. The number of methoxy groups -OCH3 is 3. The molecule has 2 atom stereocenters. The number of hydrogen-bond acceptors (Lipinski definition) is 5. The molecule has 1 heterocycles. The lowest BCUT2D eigenvalue weighted by atomic mass is 10.00. The van der Waals surface area contributed by atoms with Crippen LogP contribution in [0.2, 0.25) is 0 Å². The molecule has 1 fully saturated rings. The van der Waals surface area contributed by atoms with Crippen molar-refractivity contribution < 1.29 is 14.2 Å². The van der Waals surface area contributed by atoms with E-state index < -0.39 is 0 Å². The van der Waals surface area contributed by atoms with Crippen molar-refractivity contribution in [2.24, 2.45) is 5.73 Å². The Labute approximate surface area is 120 Å². The van der Waals surface area contributed by atoms with Crippen molar-refractivity contribution in [3.63, 3.8) is 0 Å². The Balaban J connectivity index is 2.23. The lowest BCUT2D eigenvalue weighted by Gasteiger charge is -2.27. The van der Waals surface area contributed by atoms with Gasteiger partial charge >= 0.3 is 0 Å². The molecule has 0 saturated carbocycles. The maximum atomic E-state index is 6.28. The molecule has 112 valence electrons. The summed E-state index contributed by atoms with van der Waals surface area (Å²) >= 11 is 0. The van der Waals surface area contributed by atoms with Gasteiger partial charge in [0.1, 0.15) is 0 Å². The number of benzene rings is 1. The average molecular weight is 280 g/mol. The van der Waals surface area contributed by atoms with E-state index >= 15 is 0 Å². The van der Waals surface area contributed by atoms with Gasteiger partial charge < -0.3 is 19.9 Å². The second kappa shape index (κ2) is 6.92. The van der Waals surface area contributed by atoms with Crippen LogP contribution in [0.3, 0.4) is 0 Å². The summed E-state index contributed by atoms with van der Waals surface area (Å²) in [6, 6.07) is 6.38. The van der Waals surface area contributed by atoms with Crippen molar-refractivity contribution in [1.82, 2.24) is 4.90 Å². The number of nitrogens with two attached hydrogens (primary N) is 1. The molecule has 20 heavy (non-hydrogen) atoms. The van der Waals surface area contributed by atoms with E-state index in [9.17, 15) is 0 Å². The van der Waals surface area contributed by atoms with Crippen molar-refractivity contribution in [1.29, 1.82) is 0 Å². The molecule has 0 aliphatic carbocycles. The van der Waals surface area contributed by atoms with E-state index in [4.69, 9.17) is 19.9 Å². The Bertz CT molecular complexity index is 439. The topological polar surface area (TPSA) is 57.0 Å². The van der Waals surface area contributed by atoms with Crippen LogP contribution in [0, 0.1) is 0 Å². The molecule has 0 spiro atoms. The van der Waals surface area contributed by atoms with Crippen LogP contribution >= 0.6 is 0 Å². The zero-order valence-electron chi connectivity index (χ0n) is 12.5. The van der Waals surface area contributed by atoms with Crippen LogP contribution < -0.4 is 15.2 Å². The van der Waals surface area contributed by atoms with Crippen LogP contribution in [0.4, 0.5) is 0 Å². The molecule has 2 unspecified atom stereocenters. The molecule has 0 radical (unpaired) electrons. The second-order valence-corrected chi connectivity index (χ2v) is 5.04. The Morgan fingerprint density at radius 3 is 2.60 bits per heavy atom. The molecule has 1 saturated heterocycles. The Hall–Kier alpha value is -1.30. The monoisotopic (exact) mass is 280 g/mol. The van der Waals surface area contributed by atoms with Crippen LogP contribution in [0.5, 0.6) is 11.5 Å². The minimum atomic E-state index is 0.143. The molecule has 1 aliphatic rings. The maximum Gasteiger partial charge on any atom is 0.161 e. The predicted octanol–water partition coefficient (Wildman–Crippen LogP) is 1.42. The van der Waals surface area contributed by atoms with Gasteiger partial charge in [0.05, 0.1) is 26.9 Å². The van der Waals surface area contributed by atoms with E-state index in [1.54, 1.807) is 21.3 Å². The summed E-state index contributed by atoms with van der Waals surface area (Å²) in [7, 11) is 5.02. The molecule has 0 aromatic heterocycles. The first-order valence-corrected chi connectivity index (χ1v) is 6.91. The summed E-state index contributed by atoms with van der Waals surface area (Å²) in [6.45, 7) is 2.61. The fourth-order valence-electron chi connectivity index (χ4n) is 2.84. The molecule has 1 aliphatic heterocycles. The fourth-order valence-corrected chi connectivity index (χ4v) is 2.84. The van der Waals surface area contributed by atoms with Gasteiger partial charge in [-0.1, -0.05) is 6.07 Å². The molecule has 1 aromatic rings. The minimum absolute atomic E-state index is 0.143. The summed E-state index contributed by atoms with van der Waals surface area (Å²) < 4.78 is 15.8. The smallest absolute Gasteiger partial charge is 0.161 e.